The van der Waals surface area contributed by atoms with Crippen LogP contribution in [-0.4, -0.2) is 16.0 Å². The summed E-state index contributed by atoms with van der Waals surface area (Å²) in [6.07, 6.45) is 0. The van der Waals surface area contributed by atoms with Crippen LogP contribution in [0, 0.1) is 0 Å². The molecular weight excluding hydrogens is 263 g/mol. The van der Waals surface area contributed by atoms with Gasteiger partial charge >= 0.3 is 0 Å². The number of phenols is 1. The van der Waals surface area contributed by atoms with Crippen molar-refractivity contribution in [1.29, 1.82) is 0 Å². The summed E-state index contributed by atoms with van der Waals surface area (Å²) in [6, 6.07) is 7.56. The Bertz CT molecular complexity index is 530. The lowest BCUT2D eigenvalue weighted by molar-refractivity contribution is 0.102. The van der Waals surface area contributed by atoms with E-state index in [2.05, 4.69) is 10.3 Å². The summed E-state index contributed by atoms with van der Waals surface area (Å²) >= 11 is 11.4. The average Bonchev–Trinajstić information content (AvgIpc) is 2.63. The van der Waals surface area contributed by atoms with Crippen molar-refractivity contribution in [3.63, 3.8) is 0 Å². The molecule has 17 heavy (non-hydrogen) atoms. The van der Waals surface area contributed by atoms with Crippen molar-refractivity contribution in [1.82, 2.24) is 4.98 Å². The Hall–Kier alpha value is -1.65. The second-order valence-corrected chi connectivity index (χ2v) is 4.13. The topological polar surface area (TPSA) is 65.1 Å². The molecule has 0 aliphatic rings. The highest BCUT2D eigenvalue weighted by atomic mass is 35.5. The van der Waals surface area contributed by atoms with Crippen LogP contribution in [0.5, 0.6) is 5.75 Å². The zero-order chi connectivity index (χ0) is 12.4. The van der Waals surface area contributed by atoms with Gasteiger partial charge in [0.2, 0.25) is 0 Å². The third kappa shape index (κ3) is 2.72. The maximum atomic E-state index is 11.7. The van der Waals surface area contributed by atoms with E-state index in [1.807, 2.05) is 0 Å². The number of H-pyrrole nitrogens is 1. The molecule has 2 aromatic rings. The molecule has 0 bridgehead atoms. The van der Waals surface area contributed by atoms with Gasteiger partial charge in [0.05, 0.1) is 5.02 Å². The SMILES string of the molecule is O=C(Nc1ccc(O)cc1)c1cc(Cl)c(Cl)[nH]1. The summed E-state index contributed by atoms with van der Waals surface area (Å²) in [6.45, 7) is 0. The second kappa shape index (κ2) is 4.69. The fourth-order valence-corrected chi connectivity index (χ4v) is 1.58. The molecule has 1 aromatic carbocycles. The summed E-state index contributed by atoms with van der Waals surface area (Å²) in [4.78, 5) is 14.4. The Kier molecular flexibility index (Phi) is 3.26. The second-order valence-electron chi connectivity index (χ2n) is 3.35. The maximum Gasteiger partial charge on any atom is 0.272 e. The first-order chi connectivity index (χ1) is 8.06. The largest absolute Gasteiger partial charge is 0.508 e. The van der Waals surface area contributed by atoms with Gasteiger partial charge < -0.3 is 15.4 Å². The van der Waals surface area contributed by atoms with E-state index < -0.39 is 0 Å². The molecule has 0 spiro atoms. The normalized spacial score (nSPS) is 10.2. The van der Waals surface area contributed by atoms with Crippen LogP contribution in [0.1, 0.15) is 10.5 Å². The minimum absolute atomic E-state index is 0.133. The molecule has 0 saturated carbocycles. The molecule has 3 N–H and O–H groups in total. The minimum atomic E-state index is -0.357. The molecule has 0 radical (unpaired) electrons. The van der Waals surface area contributed by atoms with E-state index in [9.17, 15) is 4.79 Å². The van der Waals surface area contributed by atoms with E-state index in [1.54, 1.807) is 12.1 Å². The van der Waals surface area contributed by atoms with E-state index >= 15 is 0 Å². The van der Waals surface area contributed by atoms with Crippen LogP contribution >= 0.6 is 23.2 Å². The number of rotatable bonds is 2. The minimum Gasteiger partial charge on any atom is -0.508 e. The molecule has 0 saturated heterocycles. The van der Waals surface area contributed by atoms with Gasteiger partial charge in [0.25, 0.3) is 5.91 Å². The number of aromatic hydroxyl groups is 1. The molecule has 6 heteroatoms. The fourth-order valence-electron chi connectivity index (χ4n) is 1.27. The first-order valence-corrected chi connectivity index (χ1v) is 5.46. The summed E-state index contributed by atoms with van der Waals surface area (Å²) in [7, 11) is 0. The molecule has 2 rings (SSSR count). The molecule has 1 aromatic heterocycles. The average molecular weight is 271 g/mol. The van der Waals surface area contributed by atoms with E-state index in [4.69, 9.17) is 28.3 Å². The predicted octanol–water partition coefficient (Wildman–Crippen LogP) is 3.28. The van der Waals surface area contributed by atoms with E-state index in [-0.39, 0.29) is 22.5 Å². The molecule has 88 valence electrons. The lowest BCUT2D eigenvalue weighted by Crippen LogP contribution is -2.11. The predicted molar refractivity (Wildman–Crippen MR) is 66.9 cm³/mol. The van der Waals surface area contributed by atoms with Gasteiger partial charge in [-0.3, -0.25) is 4.79 Å². The number of carbonyl (C=O) groups is 1. The zero-order valence-corrected chi connectivity index (χ0v) is 10.0. The maximum absolute atomic E-state index is 11.7. The van der Waals surface area contributed by atoms with Crippen molar-refractivity contribution < 1.29 is 9.90 Å². The molecule has 1 amide bonds. The number of amides is 1. The van der Waals surface area contributed by atoms with Crippen LogP contribution in [0.3, 0.4) is 0 Å². The summed E-state index contributed by atoms with van der Waals surface area (Å²) < 4.78 is 0. The van der Waals surface area contributed by atoms with Crippen molar-refractivity contribution in [3.8, 4) is 5.75 Å². The first kappa shape index (κ1) is 11.8. The van der Waals surface area contributed by atoms with Gasteiger partial charge in [-0.05, 0) is 30.3 Å². The van der Waals surface area contributed by atoms with E-state index in [0.29, 0.717) is 10.7 Å². The van der Waals surface area contributed by atoms with Gasteiger partial charge in [-0.1, -0.05) is 23.2 Å². The summed E-state index contributed by atoms with van der Waals surface area (Å²) in [5.41, 5.74) is 0.836. The lowest BCUT2D eigenvalue weighted by Gasteiger charge is -2.03. The van der Waals surface area contributed by atoms with Gasteiger partial charge in [-0.2, -0.15) is 0 Å². The molecule has 0 unspecified atom stereocenters. The Morgan fingerprint density at radius 1 is 1.24 bits per heavy atom. The smallest absolute Gasteiger partial charge is 0.272 e. The molecular formula is C11H8Cl2N2O2. The Balaban J connectivity index is 2.14. The number of nitrogens with one attached hydrogen (secondary N) is 2. The van der Waals surface area contributed by atoms with Crippen molar-refractivity contribution in [2.75, 3.05) is 5.32 Å². The number of phenolic OH excluding ortho intramolecular Hbond substituents is 1. The Morgan fingerprint density at radius 2 is 1.88 bits per heavy atom. The standard InChI is InChI=1S/C11H8Cl2N2O2/c12-8-5-9(15-10(8)13)11(17)14-6-1-3-7(16)4-2-6/h1-5,15-16H,(H,14,17). The van der Waals surface area contributed by atoms with Crippen LogP contribution in [-0.2, 0) is 0 Å². The van der Waals surface area contributed by atoms with Crippen LogP contribution in [0.15, 0.2) is 30.3 Å². The van der Waals surface area contributed by atoms with Crippen LogP contribution < -0.4 is 5.32 Å². The summed E-state index contributed by atoms with van der Waals surface area (Å²) in [5, 5.41) is 12.2. The fraction of sp³-hybridized carbons (Fsp3) is 0. The number of halogens is 2. The van der Waals surface area contributed by atoms with Crippen LogP contribution in [0.25, 0.3) is 0 Å². The number of aromatic nitrogens is 1. The van der Waals surface area contributed by atoms with Gasteiger partial charge in [-0.25, -0.2) is 0 Å². The monoisotopic (exact) mass is 270 g/mol. The van der Waals surface area contributed by atoms with Gasteiger partial charge in [0, 0.05) is 5.69 Å². The first-order valence-electron chi connectivity index (χ1n) is 4.70. The van der Waals surface area contributed by atoms with Crippen molar-refractivity contribution in [2.24, 2.45) is 0 Å². The van der Waals surface area contributed by atoms with Gasteiger partial charge in [0.15, 0.2) is 0 Å². The molecule has 1 heterocycles. The summed E-state index contributed by atoms with van der Waals surface area (Å²) in [5.74, 6) is -0.224. The van der Waals surface area contributed by atoms with Crippen molar-refractivity contribution in [2.45, 2.75) is 0 Å². The number of benzene rings is 1. The molecule has 0 aliphatic carbocycles. The van der Waals surface area contributed by atoms with Crippen molar-refractivity contribution in [3.05, 3.63) is 46.2 Å². The molecule has 0 atom stereocenters. The molecule has 0 fully saturated rings. The number of anilines is 1. The Labute approximate surface area is 107 Å². The number of aromatic amines is 1. The van der Waals surface area contributed by atoms with Crippen molar-refractivity contribution >= 4 is 34.8 Å². The Morgan fingerprint density at radius 3 is 2.41 bits per heavy atom. The number of carbonyl (C=O) groups excluding carboxylic acids is 1. The highest BCUT2D eigenvalue weighted by Crippen LogP contribution is 2.22. The third-order valence-electron chi connectivity index (χ3n) is 2.09. The van der Waals surface area contributed by atoms with Gasteiger partial charge in [0.1, 0.15) is 16.6 Å². The zero-order valence-electron chi connectivity index (χ0n) is 8.50. The highest BCUT2D eigenvalue weighted by molar-refractivity contribution is 6.41. The third-order valence-corrected chi connectivity index (χ3v) is 2.79. The quantitative estimate of drug-likeness (QED) is 0.734. The van der Waals surface area contributed by atoms with Crippen LogP contribution in [0.4, 0.5) is 5.69 Å². The van der Waals surface area contributed by atoms with Crippen LogP contribution in [0.2, 0.25) is 10.2 Å². The molecule has 4 nitrogen and oxygen atoms in total. The van der Waals surface area contributed by atoms with Gasteiger partial charge in [-0.15, -0.1) is 0 Å². The molecule has 0 aliphatic heterocycles. The number of hydrogen-bond acceptors (Lipinski definition) is 2. The van der Waals surface area contributed by atoms with E-state index in [1.165, 1.54) is 18.2 Å². The lowest BCUT2D eigenvalue weighted by atomic mass is 10.3. The highest BCUT2D eigenvalue weighted by Gasteiger charge is 2.11. The number of hydrogen-bond donors (Lipinski definition) is 3. The van der Waals surface area contributed by atoms with E-state index in [0.717, 1.165) is 0 Å².